The Morgan fingerprint density at radius 2 is 1.82 bits per heavy atom. The Hall–Kier alpha value is -4.11. The number of para-hydroxylation sites is 1. The monoisotopic (exact) mass is 475 g/mol. The molecule has 1 aliphatic heterocycles. The molecule has 0 saturated carbocycles. The molecule has 0 bridgehead atoms. The van der Waals surface area contributed by atoms with Crippen LogP contribution in [0.5, 0.6) is 0 Å². The maximum absolute atomic E-state index is 12.7. The highest BCUT2D eigenvalue weighted by Gasteiger charge is 2.36. The minimum Gasteiger partial charge on any atom is -0.545 e. The second kappa shape index (κ2) is 9.40. The number of rotatable bonds is 6. The van der Waals surface area contributed by atoms with Gasteiger partial charge in [-0.05, 0) is 54.9 Å². The van der Waals surface area contributed by atoms with Crippen molar-refractivity contribution in [3.8, 4) is 11.3 Å². The first-order valence-corrected chi connectivity index (χ1v) is 11.1. The molecule has 1 saturated heterocycles. The van der Waals surface area contributed by atoms with Crippen molar-refractivity contribution in [3.05, 3.63) is 82.0 Å². The van der Waals surface area contributed by atoms with E-state index in [2.05, 4.69) is 5.32 Å². The average Bonchev–Trinajstić information content (AvgIpc) is 3.35. The van der Waals surface area contributed by atoms with Crippen LogP contribution >= 0.6 is 11.8 Å². The van der Waals surface area contributed by atoms with E-state index < -0.39 is 29.6 Å². The summed E-state index contributed by atoms with van der Waals surface area (Å²) in [6.45, 7) is 3.08. The zero-order valence-electron chi connectivity index (χ0n) is 18.3. The molecular formula is C25H19N2O6S-. The maximum atomic E-state index is 12.7. The van der Waals surface area contributed by atoms with Gasteiger partial charge in [-0.1, -0.05) is 36.4 Å². The van der Waals surface area contributed by atoms with Crippen molar-refractivity contribution in [1.82, 2.24) is 4.90 Å². The molecule has 9 heteroatoms. The second-order valence-electron chi connectivity index (χ2n) is 7.60. The lowest BCUT2D eigenvalue weighted by molar-refractivity contribution is -0.255. The second-order valence-corrected chi connectivity index (χ2v) is 8.59. The largest absolute Gasteiger partial charge is 0.545 e. The van der Waals surface area contributed by atoms with Crippen molar-refractivity contribution in [2.75, 3.05) is 11.9 Å². The van der Waals surface area contributed by atoms with Crippen LogP contribution in [0.1, 0.15) is 27.2 Å². The van der Waals surface area contributed by atoms with E-state index in [4.69, 9.17) is 4.42 Å². The number of anilines is 1. The summed E-state index contributed by atoms with van der Waals surface area (Å²) >= 11 is 0.715. The summed E-state index contributed by atoms with van der Waals surface area (Å²) in [6, 6.07) is 15.2. The number of aromatic carboxylic acids is 1. The predicted molar refractivity (Wildman–Crippen MR) is 126 cm³/mol. The molecule has 4 rings (SSSR count). The van der Waals surface area contributed by atoms with Gasteiger partial charge >= 0.3 is 0 Å². The predicted octanol–water partition coefficient (Wildman–Crippen LogP) is 3.60. The Balaban J connectivity index is 1.49. The molecule has 172 valence electrons. The fraction of sp³-hybridized carbons (Fsp3) is 0.120. The van der Waals surface area contributed by atoms with Gasteiger partial charge in [-0.3, -0.25) is 19.3 Å². The molecule has 0 aliphatic carbocycles. The van der Waals surface area contributed by atoms with E-state index in [1.54, 1.807) is 43.3 Å². The van der Waals surface area contributed by atoms with Gasteiger partial charge in [-0.15, -0.1) is 0 Å². The van der Waals surface area contributed by atoms with Crippen molar-refractivity contribution in [2.24, 2.45) is 0 Å². The topological polar surface area (TPSA) is 120 Å². The first-order chi connectivity index (χ1) is 16.2. The zero-order valence-corrected chi connectivity index (χ0v) is 19.1. The van der Waals surface area contributed by atoms with Crippen LogP contribution in [-0.2, 0) is 9.59 Å². The molecule has 0 unspecified atom stereocenters. The molecule has 1 fully saturated rings. The minimum absolute atomic E-state index is 0.0561. The van der Waals surface area contributed by atoms with Gasteiger partial charge < -0.3 is 19.6 Å². The van der Waals surface area contributed by atoms with Crippen LogP contribution in [-0.4, -0.2) is 34.5 Å². The Morgan fingerprint density at radius 1 is 1.06 bits per heavy atom. The number of carbonyl (C=O) groups is 4. The summed E-state index contributed by atoms with van der Waals surface area (Å²) in [5.74, 6) is -1.65. The number of nitrogens with one attached hydrogen (secondary N) is 1. The summed E-state index contributed by atoms with van der Waals surface area (Å²) in [4.78, 5) is 49.8. The van der Waals surface area contributed by atoms with Gasteiger partial charge in [0.1, 0.15) is 18.1 Å². The lowest BCUT2D eigenvalue weighted by Gasteiger charge is -2.13. The quantitative estimate of drug-likeness (QED) is 0.541. The van der Waals surface area contributed by atoms with Crippen molar-refractivity contribution in [3.63, 3.8) is 0 Å². The number of carboxylic acid groups (broad SMARTS) is 1. The zero-order chi connectivity index (χ0) is 24.4. The number of aryl methyl sites for hydroxylation is 1. The van der Waals surface area contributed by atoms with Crippen LogP contribution < -0.4 is 10.4 Å². The number of amides is 3. The SMILES string of the molecule is Cc1ccccc1NC(=O)CN1C(=O)S/C(=C/c2ccc(-c3cccc(C(=O)[O-])c3C)o2)C1=O. The molecule has 0 spiro atoms. The van der Waals surface area contributed by atoms with Gasteiger partial charge in [0.2, 0.25) is 5.91 Å². The molecule has 0 radical (unpaired) electrons. The van der Waals surface area contributed by atoms with Crippen LogP contribution in [0.3, 0.4) is 0 Å². The highest BCUT2D eigenvalue weighted by Crippen LogP contribution is 2.34. The third-order valence-electron chi connectivity index (χ3n) is 5.31. The molecule has 1 aromatic heterocycles. The minimum atomic E-state index is -1.29. The van der Waals surface area contributed by atoms with Gasteiger partial charge in [0.25, 0.3) is 11.1 Å². The maximum Gasteiger partial charge on any atom is 0.294 e. The highest BCUT2D eigenvalue weighted by atomic mass is 32.2. The molecule has 0 atom stereocenters. The van der Waals surface area contributed by atoms with Crippen LogP contribution in [0.25, 0.3) is 17.4 Å². The first-order valence-electron chi connectivity index (χ1n) is 10.3. The van der Waals surface area contributed by atoms with Crippen LogP contribution in [0.15, 0.2) is 63.9 Å². The molecule has 3 aromatic rings. The van der Waals surface area contributed by atoms with Gasteiger partial charge in [0.15, 0.2) is 0 Å². The fourth-order valence-electron chi connectivity index (χ4n) is 3.51. The van der Waals surface area contributed by atoms with Crippen molar-refractivity contribution in [2.45, 2.75) is 13.8 Å². The van der Waals surface area contributed by atoms with Crippen LogP contribution in [0, 0.1) is 13.8 Å². The van der Waals surface area contributed by atoms with Gasteiger partial charge in [-0.2, -0.15) is 0 Å². The number of carboxylic acids is 1. The number of furan rings is 1. The standard InChI is InChI=1S/C25H20N2O6S/c1-14-6-3-4-9-19(14)26-22(28)13-27-23(29)21(34-25(27)32)12-16-10-11-20(33-16)17-7-5-8-18(15(17)2)24(30)31/h3-12H,13H2,1-2H3,(H,26,28)(H,30,31)/p-1/b21-12+. The first kappa shape index (κ1) is 23.1. The van der Waals surface area contributed by atoms with E-state index in [1.165, 1.54) is 12.1 Å². The lowest BCUT2D eigenvalue weighted by atomic mass is 10.0. The number of benzene rings is 2. The highest BCUT2D eigenvalue weighted by molar-refractivity contribution is 8.18. The van der Waals surface area contributed by atoms with Crippen LogP contribution in [0.2, 0.25) is 0 Å². The van der Waals surface area contributed by atoms with E-state index in [9.17, 15) is 24.3 Å². The molecule has 8 nitrogen and oxygen atoms in total. The third kappa shape index (κ3) is 4.65. The summed E-state index contributed by atoms with van der Waals surface area (Å²) < 4.78 is 5.77. The van der Waals surface area contributed by atoms with Crippen molar-refractivity contribution < 1.29 is 28.7 Å². The van der Waals surface area contributed by atoms with Crippen molar-refractivity contribution >= 4 is 46.5 Å². The Kier molecular flexibility index (Phi) is 6.38. The molecular weight excluding hydrogens is 456 g/mol. The van der Waals surface area contributed by atoms with E-state index in [-0.39, 0.29) is 10.5 Å². The number of thioether (sulfide) groups is 1. The number of nitrogens with zero attached hydrogens (tertiary/aromatic N) is 1. The summed E-state index contributed by atoms with van der Waals surface area (Å²) in [5.41, 5.74) is 2.58. The molecule has 3 amide bonds. The Morgan fingerprint density at radius 3 is 2.56 bits per heavy atom. The summed E-state index contributed by atoms with van der Waals surface area (Å²) in [5, 5.41) is 13.4. The van der Waals surface area contributed by atoms with E-state index in [0.717, 1.165) is 10.5 Å². The molecule has 2 aromatic carbocycles. The molecule has 34 heavy (non-hydrogen) atoms. The number of imide groups is 1. The van der Waals surface area contributed by atoms with Gasteiger partial charge in [0, 0.05) is 22.9 Å². The van der Waals surface area contributed by atoms with Gasteiger partial charge in [-0.25, -0.2) is 0 Å². The summed E-state index contributed by atoms with van der Waals surface area (Å²) in [7, 11) is 0. The normalized spacial score (nSPS) is 14.6. The van der Waals surface area contributed by atoms with Crippen LogP contribution in [0.4, 0.5) is 10.5 Å². The number of carbonyl (C=O) groups excluding carboxylic acids is 4. The fourth-order valence-corrected chi connectivity index (χ4v) is 4.33. The number of hydrogen-bond donors (Lipinski definition) is 1. The average molecular weight is 476 g/mol. The molecule has 1 aliphatic rings. The van der Waals surface area contributed by atoms with Gasteiger partial charge in [0.05, 0.1) is 10.9 Å². The Bertz CT molecular complexity index is 1360. The lowest BCUT2D eigenvalue weighted by Crippen LogP contribution is -2.36. The van der Waals surface area contributed by atoms with E-state index in [1.807, 2.05) is 19.1 Å². The molecule has 2 heterocycles. The molecule has 1 N–H and O–H groups in total. The smallest absolute Gasteiger partial charge is 0.294 e. The van der Waals surface area contributed by atoms with Crippen molar-refractivity contribution in [1.29, 1.82) is 0 Å². The number of hydrogen-bond acceptors (Lipinski definition) is 7. The Labute approximate surface area is 199 Å². The van der Waals surface area contributed by atoms with E-state index in [0.29, 0.717) is 40.1 Å². The third-order valence-corrected chi connectivity index (χ3v) is 6.22. The summed E-state index contributed by atoms with van der Waals surface area (Å²) in [6.07, 6.45) is 1.42. The van der Waals surface area contributed by atoms with E-state index >= 15 is 0 Å².